The van der Waals surface area contributed by atoms with E-state index in [1.807, 2.05) is 12.1 Å². The number of aliphatic hydroxyl groups is 1. The van der Waals surface area contributed by atoms with Gasteiger partial charge < -0.3 is 21.1 Å². The fourth-order valence-electron chi connectivity index (χ4n) is 3.67. The normalized spacial score (nSPS) is 14.7. The van der Waals surface area contributed by atoms with Crippen LogP contribution in [0.2, 0.25) is 10.0 Å². The van der Waals surface area contributed by atoms with E-state index in [9.17, 15) is 9.90 Å². The van der Waals surface area contributed by atoms with E-state index in [0.29, 0.717) is 33.7 Å². The summed E-state index contributed by atoms with van der Waals surface area (Å²) in [5, 5.41) is 13.8. The highest BCUT2D eigenvalue weighted by Crippen LogP contribution is 2.34. The molecule has 1 atom stereocenters. The summed E-state index contributed by atoms with van der Waals surface area (Å²) in [6.45, 7) is 0.0907. The van der Waals surface area contributed by atoms with Crippen LogP contribution in [0.4, 0.5) is 10.7 Å². The Morgan fingerprint density at radius 1 is 1.39 bits per heavy atom. The van der Waals surface area contributed by atoms with Gasteiger partial charge in [0, 0.05) is 29.5 Å². The van der Waals surface area contributed by atoms with Crippen LogP contribution < -0.4 is 11.1 Å². The Morgan fingerprint density at radius 3 is 2.88 bits per heavy atom. The van der Waals surface area contributed by atoms with Crippen LogP contribution in [0.25, 0.3) is 11.3 Å². The molecule has 170 valence electrons. The number of amidine groups is 1. The van der Waals surface area contributed by atoms with E-state index in [1.54, 1.807) is 42.4 Å². The zero-order valence-electron chi connectivity index (χ0n) is 17.6. The van der Waals surface area contributed by atoms with Gasteiger partial charge in [0.1, 0.15) is 5.84 Å². The summed E-state index contributed by atoms with van der Waals surface area (Å²) in [6.07, 6.45) is 6.08. The molecule has 1 amide bonds. The molecule has 0 spiro atoms. The third kappa shape index (κ3) is 4.56. The highest BCUT2D eigenvalue weighted by molar-refractivity contribution is 6.33. The zero-order chi connectivity index (χ0) is 23.5. The van der Waals surface area contributed by atoms with E-state index in [1.165, 1.54) is 17.0 Å². The van der Waals surface area contributed by atoms with Crippen LogP contribution in [0, 0.1) is 0 Å². The standard InChI is InChI=1S/C22H21Cl2N7O2/c1-26-19(5-6-25)28-21-27-9-17(24)20(29-21)14-8-16-11-31(22(33)30(16)10-14)18(12-32)13-3-2-4-15(23)7-13/h2-10,18,32H,11-12,25H2,1H3,(H,26,27,28,29). The number of amides is 1. The lowest BCUT2D eigenvalue weighted by molar-refractivity contribution is 0.141. The number of nitrogens with two attached hydrogens (primary N) is 1. The maximum Gasteiger partial charge on any atom is 0.329 e. The van der Waals surface area contributed by atoms with Crippen LogP contribution in [-0.4, -0.2) is 50.1 Å². The molecule has 0 aliphatic carbocycles. The van der Waals surface area contributed by atoms with Crippen molar-refractivity contribution in [3.8, 4) is 11.3 Å². The molecule has 0 radical (unpaired) electrons. The van der Waals surface area contributed by atoms with E-state index in [0.717, 1.165) is 11.3 Å². The monoisotopic (exact) mass is 485 g/mol. The summed E-state index contributed by atoms with van der Waals surface area (Å²) < 4.78 is 1.53. The first-order valence-corrected chi connectivity index (χ1v) is 10.7. The molecule has 0 bridgehead atoms. The van der Waals surface area contributed by atoms with Gasteiger partial charge in [-0.2, -0.15) is 0 Å². The van der Waals surface area contributed by atoms with Crippen LogP contribution in [0.3, 0.4) is 0 Å². The number of nitrogens with one attached hydrogen (secondary N) is 1. The lowest BCUT2D eigenvalue weighted by atomic mass is 10.1. The summed E-state index contributed by atoms with van der Waals surface area (Å²) in [6, 6.07) is 8.20. The van der Waals surface area contributed by atoms with Crippen LogP contribution >= 0.6 is 23.2 Å². The molecule has 2 aromatic heterocycles. The number of rotatable bonds is 6. The number of hydrogen-bond donors (Lipinski definition) is 3. The van der Waals surface area contributed by atoms with Gasteiger partial charge in [-0.15, -0.1) is 0 Å². The van der Waals surface area contributed by atoms with Gasteiger partial charge in [0.25, 0.3) is 0 Å². The molecule has 3 heterocycles. The number of halogens is 2. The molecule has 4 rings (SSSR count). The fraction of sp³-hybridized carbons (Fsp3) is 0.182. The number of aromatic nitrogens is 3. The highest BCUT2D eigenvalue weighted by atomic mass is 35.5. The smallest absolute Gasteiger partial charge is 0.329 e. The third-order valence-electron chi connectivity index (χ3n) is 5.22. The molecule has 4 N–H and O–H groups in total. The Labute approximate surface area is 200 Å². The average Bonchev–Trinajstić information content (AvgIpc) is 3.35. The van der Waals surface area contributed by atoms with Crippen molar-refractivity contribution in [3.63, 3.8) is 0 Å². The molecule has 0 saturated carbocycles. The number of hydrogen-bond acceptors (Lipinski definition) is 6. The minimum Gasteiger partial charge on any atom is -0.404 e. The van der Waals surface area contributed by atoms with Crippen LogP contribution in [0.1, 0.15) is 17.3 Å². The number of benzene rings is 1. The quantitative estimate of drug-likeness (QED) is 0.361. The van der Waals surface area contributed by atoms with Crippen LogP contribution in [-0.2, 0) is 6.54 Å². The minimum atomic E-state index is -0.514. The van der Waals surface area contributed by atoms with Gasteiger partial charge in [0.15, 0.2) is 0 Å². The number of nitrogens with zero attached hydrogens (tertiary/aromatic N) is 5. The molecular weight excluding hydrogens is 465 g/mol. The molecule has 9 nitrogen and oxygen atoms in total. The van der Waals surface area contributed by atoms with Gasteiger partial charge in [0.05, 0.1) is 36.1 Å². The molecule has 11 heteroatoms. The molecular formula is C22H21Cl2N7O2. The van der Waals surface area contributed by atoms with Gasteiger partial charge in [0.2, 0.25) is 5.95 Å². The van der Waals surface area contributed by atoms with Crippen LogP contribution in [0.15, 0.2) is 60.0 Å². The van der Waals surface area contributed by atoms with Gasteiger partial charge >= 0.3 is 6.03 Å². The lowest BCUT2D eigenvalue weighted by Gasteiger charge is -2.26. The van der Waals surface area contributed by atoms with Crippen molar-refractivity contribution in [3.05, 3.63) is 76.3 Å². The van der Waals surface area contributed by atoms with Crippen molar-refractivity contribution >= 4 is 41.0 Å². The maximum absolute atomic E-state index is 13.1. The number of aliphatic imine (C=N–C) groups is 1. The summed E-state index contributed by atoms with van der Waals surface area (Å²) in [7, 11) is 1.61. The summed E-state index contributed by atoms with van der Waals surface area (Å²) in [4.78, 5) is 27.4. The SMILES string of the molecule is CN=C(C=CN)Nc1ncc(Cl)c(-c2cc3n(c2)C(=O)N(C(CO)c2cccc(Cl)c2)C3)n1. The predicted molar refractivity (Wildman–Crippen MR) is 128 cm³/mol. The lowest BCUT2D eigenvalue weighted by Crippen LogP contribution is -2.32. The molecule has 33 heavy (non-hydrogen) atoms. The fourth-order valence-corrected chi connectivity index (χ4v) is 4.07. The third-order valence-corrected chi connectivity index (χ3v) is 5.73. The first kappa shape index (κ1) is 22.8. The Kier molecular flexibility index (Phi) is 6.64. The summed E-state index contributed by atoms with van der Waals surface area (Å²) in [5.41, 5.74) is 8.07. The topological polar surface area (TPSA) is 122 Å². The molecule has 3 aromatic rings. The van der Waals surface area contributed by atoms with E-state index in [4.69, 9.17) is 28.9 Å². The Bertz CT molecular complexity index is 1260. The van der Waals surface area contributed by atoms with Gasteiger partial charge in [-0.3, -0.25) is 9.56 Å². The Balaban J connectivity index is 1.61. The van der Waals surface area contributed by atoms with Crippen molar-refractivity contribution in [2.75, 3.05) is 19.0 Å². The van der Waals surface area contributed by atoms with Crippen molar-refractivity contribution in [1.82, 2.24) is 19.4 Å². The van der Waals surface area contributed by atoms with E-state index < -0.39 is 6.04 Å². The Hall–Kier alpha value is -3.40. The van der Waals surface area contributed by atoms with E-state index >= 15 is 0 Å². The number of anilines is 1. The molecule has 1 aromatic carbocycles. The van der Waals surface area contributed by atoms with Gasteiger partial charge in [-0.1, -0.05) is 35.3 Å². The van der Waals surface area contributed by atoms with Crippen molar-refractivity contribution in [2.24, 2.45) is 10.7 Å². The second-order valence-corrected chi connectivity index (χ2v) is 8.08. The van der Waals surface area contributed by atoms with Gasteiger partial charge in [-0.25, -0.2) is 14.8 Å². The second kappa shape index (κ2) is 9.62. The second-order valence-electron chi connectivity index (χ2n) is 7.24. The average molecular weight is 486 g/mol. The van der Waals surface area contributed by atoms with E-state index in [2.05, 4.69) is 20.3 Å². The van der Waals surface area contributed by atoms with Crippen LogP contribution in [0.5, 0.6) is 0 Å². The first-order chi connectivity index (χ1) is 15.9. The number of aliphatic hydroxyl groups excluding tert-OH is 1. The van der Waals surface area contributed by atoms with Gasteiger partial charge in [-0.05, 0) is 36.0 Å². The summed E-state index contributed by atoms with van der Waals surface area (Å²) in [5.74, 6) is 0.765. The zero-order valence-corrected chi connectivity index (χ0v) is 19.1. The summed E-state index contributed by atoms with van der Waals surface area (Å²) >= 11 is 12.4. The molecule has 1 aliphatic heterocycles. The number of fused-ring (bicyclic) bond motifs is 1. The molecule has 1 unspecified atom stereocenters. The predicted octanol–water partition coefficient (Wildman–Crippen LogP) is 3.68. The molecule has 1 aliphatic rings. The highest BCUT2D eigenvalue weighted by Gasteiger charge is 2.34. The maximum atomic E-state index is 13.1. The molecule has 0 fully saturated rings. The van der Waals surface area contributed by atoms with Crippen molar-refractivity contribution in [1.29, 1.82) is 0 Å². The van der Waals surface area contributed by atoms with E-state index in [-0.39, 0.29) is 18.6 Å². The van der Waals surface area contributed by atoms with Crippen molar-refractivity contribution in [2.45, 2.75) is 12.6 Å². The number of carbonyl (C=O) groups excluding carboxylic acids is 1. The minimum absolute atomic E-state index is 0.227. The molecule has 0 saturated heterocycles. The first-order valence-electron chi connectivity index (χ1n) is 9.98. The largest absolute Gasteiger partial charge is 0.404 e. The number of carbonyl (C=O) groups is 1. The Morgan fingerprint density at radius 2 is 2.21 bits per heavy atom. The van der Waals surface area contributed by atoms with Crippen molar-refractivity contribution < 1.29 is 9.90 Å².